The van der Waals surface area contributed by atoms with E-state index in [4.69, 9.17) is 9.47 Å². The van der Waals surface area contributed by atoms with Gasteiger partial charge in [-0.1, -0.05) is 6.07 Å². The first-order valence-electron chi connectivity index (χ1n) is 10.2. The number of benzene rings is 2. The van der Waals surface area contributed by atoms with Crippen molar-refractivity contribution in [2.24, 2.45) is 0 Å². The number of ether oxygens (including phenoxy) is 2. The quantitative estimate of drug-likeness (QED) is 0.345. The molecule has 0 saturated carbocycles. The third kappa shape index (κ3) is 4.03. The highest BCUT2D eigenvalue weighted by Crippen LogP contribution is 2.43. The third-order valence-corrected chi connectivity index (χ3v) is 5.25. The van der Waals surface area contributed by atoms with Gasteiger partial charge in [-0.3, -0.25) is 19.5 Å². The number of amides is 1. The maximum atomic E-state index is 14.0. The molecule has 0 bridgehead atoms. The Morgan fingerprint density at radius 2 is 1.88 bits per heavy atom. The molecule has 7 nitrogen and oxygen atoms in total. The highest BCUT2D eigenvalue weighted by molar-refractivity contribution is 6.51. The van der Waals surface area contributed by atoms with Gasteiger partial charge >= 0.3 is 0 Å². The molecule has 1 atom stereocenters. The Bertz CT molecular complexity index is 1230. The minimum atomic E-state index is -1.03. The highest BCUT2D eigenvalue weighted by Gasteiger charge is 2.47. The summed E-state index contributed by atoms with van der Waals surface area (Å²) in [7, 11) is 1.36. The summed E-state index contributed by atoms with van der Waals surface area (Å²) in [6.07, 6.45) is 1.52. The monoisotopic (exact) mass is 448 g/mol. The summed E-state index contributed by atoms with van der Waals surface area (Å²) in [5.74, 6) is -2.17. The molecule has 33 heavy (non-hydrogen) atoms. The third-order valence-electron chi connectivity index (χ3n) is 5.25. The number of anilines is 1. The number of carbonyl (C=O) groups is 2. The number of ketones is 1. The molecular formula is C25H21FN2O5. The Kier molecular flexibility index (Phi) is 6.08. The van der Waals surface area contributed by atoms with E-state index in [9.17, 15) is 19.1 Å². The summed E-state index contributed by atoms with van der Waals surface area (Å²) in [4.78, 5) is 31.9. The van der Waals surface area contributed by atoms with Crippen molar-refractivity contribution in [1.82, 2.24) is 4.98 Å². The van der Waals surface area contributed by atoms with Gasteiger partial charge in [0.15, 0.2) is 0 Å². The molecule has 0 radical (unpaired) electrons. The van der Waals surface area contributed by atoms with Crippen LogP contribution in [-0.2, 0) is 9.59 Å². The van der Waals surface area contributed by atoms with Crippen LogP contribution >= 0.6 is 0 Å². The predicted octanol–water partition coefficient (Wildman–Crippen LogP) is 4.25. The summed E-state index contributed by atoms with van der Waals surface area (Å²) >= 11 is 0. The van der Waals surface area contributed by atoms with Gasteiger partial charge in [-0.25, -0.2) is 4.39 Å². The van der Waals surface area contributed by atoms with Crippen LogP contribution in [0.1, 0.15) is 24.2 Å². The number of hydrogen-bond acceptors (Lipinski definition) is 6. The molecule has 2 aromatic carbocycles. The fourth-order valence-corrected chi connectivity index (χ4v) is 3.80. The number of aliphatic hydroxyl groups excluding tert-OH is 1. The van der Waals surface area contributed by atoms with Crippen molar-refractivity contribution < 1.29 is 28.6 Å². The van der Waals surface area contributed by atoms with Crippen molar-refractivity contribution >= 4 is 23.1 Å². The summed E-state index contributed by atoms with van der Waals surface area (Å²) in [6, 6.07) is 14.2. The maximum Gasteiger partial charge on any atom is 0.300 e. The second-order valence-corrected chi connectivity index (χ2v) is 7.20. The van der Waals surface area contributed by atoms with Crippen molar-refractivity contribution in [1.29, 1.82) is 0 Å². The van der Waals surface area contributed by atoms with Gasteiger partial charge in [-0.2, -0.15) is 0 Å². The zero-order valence-corrected chi connectivity index (χ0v) is 18.0. The lowest BCUT2D eigenvalue weighted by Crippen LogP contribution is -2.29. The van der Waals surface area contributed by atoms with E-state index in [1.54, 1.807) is 42.5 Å². The van der Waals surface area contributed by atoms with Crippen molar-refractivity contribution in [3.8, 4) is 11.5 Å². The number of nitrogens with zero attached hydrogens (tertiary/aromatic N) is 2. The molecule has 1 saturated heterocycles. The lowest BCUT2D eigenvalue weighted by atomic mass is 9.97. The molecule has 168 valence electrons. The number of halogens is 1. The van der Waals surface area contributed by atoms with Crippen molar-refractivity contribution in [2.75, 3.05) is 18.6 Å². The molecule has 1 aliphatic rings. The number of carbonyl (C=O) groups excluding carboxylic acids is 2. The van der Waals surface area contributed by atoms with E-state index in [-0.39, 0.29) is 16.9 Å². The number of aliphatic hydroxyl groups is 1. The molecule has 1 amide bonds. The van der Waals surface area contributed by atoms with Gasteiger partial charge in [-0.15, -0.1) is 0 Å². The van der Waals surface area contributed by atoms with Gasteiger partial charge in [-0.05, 0) is 61.5 Å². The second kappa shape index (κ2) is 9.12. The number of aromatic nitrogens is 1. The lowest BCUT2D eigenvalue weighted by molar-refractivity contribution is -0.132. The molecule has 1 aliphatic heterocycles. The summed E-state index contributed by atoms with van der Waals surface area (Å²) in [6.45, 7) is 2.33. The van der Waals surface area contributed by atoms with Crippen LogP contribution in [0.3, 0.4) is 0 Å². The van der Waals surface area contributed by atoms with Gasteiger partial charge in [0.25, 0.3) is 11.7 Å². The Morgan fingerprint density at radius 1 is 1.12 bits per heavy atom. The largest absolute Gasteiger partial charge is 0.507 e. The van der Waals surface area contributed by atoms with Gasteiger partial charge < -0.3 is 14.6 Å². The molecule has 2 heterocycles. The SMILES string of the molecule is CCOc1ccc(N2C(=O)C(=O)/C(=C(/O)c3cc(F)ccc3OC)C2c2ccccn2)cc1. The molecule has 8 heteroatoms. The smallest absolute Gasteiger partial charge is 0.300 e. The van der Waals surface area contributed by atoms with Gasteiger partial charge in [0.05, 0.1) is 30.5 Å². The van der Waals surface area contributed by atoms with E-state index in [2.05, 4.69) is 4.98 Å². The fourth-order valence-electron chi connectivity index (χ4n) is 3.80. The Hall–Kier alpha value is -4.20. The van der Waals surface area contributed by atoms with E-state index in [0.717, 1.165) is 6.07 Å². The molecule has 1 unspecified atom stereocenters. The number of rotatable bonds is 6. The first kappa shape index (κ1) is 22.0. The van der Waals surface area contributed by atoms with Crippen LogP contribution in [0, 0.1) is 5.82 Å². The van der Waals surface area contributed by atoms with E-state index in [1.165, 1.54) is 30.3 Å². The van der Waals surface area contributed by atoms with Crippen LogP contribution in [0.4, 0.5) is 10.1 Å². The number of Topliss-reactive ketones (excluding diaryl/α,β-unsaturated/α-hetero) is 1. The molecule has 1 fully saturated rings. The van der Waals surface area contributed by atoms with Gasteiger partial charge in [0, 0.05) is 11.9 Å². The zero-order valence-electron chi connectivity index (χ0n) is 18.0. The van der Waals surface area contributed by atoms with Crippen LogP contribution in [-0.4, -0.2) is 35.5 Å². The average Bonchev–Trinajstić information content (AvgIpc) is 3.10. The fraction of sp³-hybridized carbons (Fsp3) is 0.160. The topological polar surface area (TPSA) is 89.0 Å². The van der Waals surface area contributed by atoms with Crippen LogP contribution in [0.5, 0.6) is 11.5 Å². The summed E-state index contributed by atoms with van der Waals surface area (Å²) in [5, 5.41) is 11.1. The first-order valence-corrected chi connectivity index (χ1v) is 10.2. The van der Waals surface area contributed by atoms with Crippen molar-refractivity contribution in [3.05, 3.63) is 89.5 Å². The minimum absolute atomic E-state index is 0.0388. The van der Waals surface area contributed by atoms with Gasteiger partial charge in [0.1, 0.15) is 29.1 Å². The standard InChI is InChI=1S/C25H21FN2O5/c1-3-33-17-10-8-16(9-11-17)28-22(19-6-4-5-13-27-19)21(24(30)25(28)31)23(29)18-14-15(26)7-12-20(18)32-2/h4-14,22,29H,3H2,1-2H3/b23-21+. The molecule has 1 N–H and O–H groups in total. The molecule has 3 aromatic rings. The van der Waals surface area contributed by atoms with Crippen LogP contribution in [0.2, 0.25) is 0 Å². The van der Waals surface area contributed by atoms with Crippen LogP contribution in [0.15, 0.2) is 72.4 Å². The van der Waals surface area contributed by atoms with Crippen LogP contribution in [0.25, 0.3) is 5.76 Å². The van der Waals surface area contributed by atoms with E-state index in [0.29, 0.717) is 23.7 Å². The van der Waals surface area contributed by atoms with E-state index >= 15 is 0 Å². The summed E-state index contributed by atoms with van der Waals surface area (Å²) < 4.78 is 24.7. The number of methoxy groups -OCH3 is 1. The van der Waals surface area contributed by atoms with Crippen molar-refractivity contribution in [2.45, 2.75) is 13.0 Å². The number of hydrogen-bond donors (Lipinski definition) is 1. The lowest BCUT2D eigenvalue weighted by Gasteiger charge is -2.25. The number of pyridine rings is 1. The minimum Gasteiger partial charge on any atom is -0.507 e. The molecule has 4 rings (SSSR count). The molecule has 0 aliphatic carbocycles. The summed E-state index contributed by atoms with van der Waals surface area (Å²) in [5.41, 5.74) is 0.531. The zero-order chi connectivity index (χ0) is 23.5. The predicted molar refractivity (Wildman–Crippen MR) is 120 cm³/mol. The maximum absolute atomic E-state index is 14.0. The normalized spacial score (nSPS) is 17.3. The Labute approximate surface area is 189 Å². The second-order valence-electron chi connectivity index (χ2n) is 7.20. The highest BCUT2D eigenvalue weighted by atomic mass is 19.1. The Morgan fingerprint density at radius 3 is 2.52 bits per heavy atom. The van der Waals surface area contributed by atoms with E-state index in [1.807, 2.05) is 6.92 Å². The molecular weight excluding hydrogens is 427 g/mol. The average molecular weight is 448 g/mol. The van der Waals surface area contributed by atoms with Crippen LogP contribution < -0.4 is 14.4 Å². The van der Waals surface area contributed by atoms with Crippen molar-refractivity contribution in [3.63, 3.8) is 0 Å². The van der Waals surface area contributed by atoms with E-state index < -0.39 is 29.3 Å². The Balaban J connectivity index is 1.92. The first-order chi connectivity index (χ1) is 16.0. The van der Waals surface area contributed by atoms with Gasteiger partial charge in [0.2, 0.25) is 0 Å². The molecule has 0 spiro atoms. The molecule has 1 aromatic heterocycles.